The number of hydrogen-bond donors (Lipinski definition) is 0. The molecular formula is C18H17F2NO2. The molecule has 23 heavy (non-hydrogen) atoms. The van der Waals surface area contributed by atoms with Crippen molar-refractivity contribution >= 4 is 5.91 Å². The second-order valence-electron chi connectivity index (χ2n) is 5.69. The van der Waals surface area contributed by atoms with Gasteiger partial charge in [0, 0.05) is 12.1 Å². The van der Waals surface area contributed by atoms with Gasteiger partial charge in [0.2, 0.25) is 0 Å². The Bertz CT molecular complexity index is 705. The van der Waals surface area contributed by atoms with Crippen molar-refractivity contribution in [1.29, 1.82) is 0 Å². The van der Waals surface area contributed by atoms with E-state index in [1.165, 1.54) is 6.07 Å². The monoisotopic (exact) mass is 317 g/mol. The topological polar surface area (TPSA) is 29.5 Å². The fourth-order valence-electron chi connectivity index (χ4n) is 2.78. The molecule has 3 rings (SSSR count). The number of rotatable bonds is 2. The highest BCUT2D eigenvalue weighted by Gasteiger charge is 2.30. The highest BCUT2D eigenvalue weighted by molar-refractivity contribution is 5.94. The maximum Gasteiger partial charge on any atom is 0.254 e. The zero-order valence-corrected chi connectivity index (χ0v) is 12.7. The SMILES string of the molecule is CC1CN(C(=O)c2ccc(F)c(F)c2)CC(c2ccccc2)O1. The highest BCUT2D eigenvalue weighted by Crippen LogP contribution is 2.26. The largest absolute Gasteiger partial charge is 0.367 e. The Morgan fingerprint density at radius 2 is 1.83 bits per heavy atom. The summed E-state index contributed by atoms with van der Waals surface area (Å²) in [5.41, 5.74) is 1.13. The van der Waals surface area contributed by atoms with Gasteiger partial charge in [0.05, 0.1) is 12.6 Å². The summed E-state index contributed by atoms with van der Waals surface area (Å²) in [6, 6.07) is 12.9. The van der Waals surface area contributed by atoms with Gasteiger partial charge in [-0.1, -0.05) is 30.3 Å². The average molecular weight is 317 g/mol. The second kappa shape index (κ2) is 6.46. The van der Waals surface area contributed by atoms with Gasteiger partial charge < -0.3 is 9.64 Å². The quantitative estimate of drug-likeness (QED) is 0.847. The molecule has 2 atom stereocenters. The average Bonchev–Trinajstić information content (AvgIpc) is 2.57. The molecule has 3 nitrogen and oxygen atoms in total. The van der Waals surface area contributed by atoms with E-state index < -0.39 is 11.6 Å². The molecule has 1 heterocycles. The van der Waals surface area contributed by atoms with Crippen molar-refractivity contribution in [3.05, 3.63) is 71.3 Å². The van der Waals surface area contributed by atoms with Crippen molar-refractivity contribution in [2.45, 2.75) is 19.1 Å². The lowest BCUT2D eigenvalue weighted by Crippen LogP contribution is -2.46. The van der Waals surface area contributed by atoms with Crippen molar-refractivity contribution < 1.29 is 18.3 Å². The first kappa shape index (κ1) is 15.6. The lowest BCUT2D eigenvalue weighted by molar-refractivity contribution is -0.0691. The summed E-state index contributed by atoms with van der Waals surface area (Å²) in [6.07, 6.45) is -0.364. The summed E-state index contributed by atoms with van der Waals surface area (Å²) in [6.45, 7) is 2.69. The van der Waals surface area contributed by atoms with E-state index in [4.69, 9.17) is 4.74 Å². The Morgan fingerprint density at radius 3 is 2.52 bits per heavy atom. The van der Waals surface area contributed by atoms with Gasteiger partial charge in [-0.15, -0.1) is 0 Å². The lowest BCUT2D eigenvalue weighted by atomic mass is 10.1. The fraction of sp³-hybridized carbons (Fsp3) is 0.278. The van der Waals surface area contributed by atoms with E-state index in [0.717, 1.165) is 17.7 Å². The van der Waals surface area contributed by atoms with Crippen LogP contribution < -0.4 is 0 Å². The number of benzene rings is 2. The van der Waals surface area contributed by atoms with Crippen LogP contribution in [-0.2, 0) is 4.74 Å². The maximum atomic E-state index is 13.4. The number of carbonyl (C=O) groups is 1. The number of halogens is 2. The first-order chi connectivity index (χ1) is 11.0. The predicted octanol–water partition coefficient (Wildman–Crippen LogP) is 3.57. The van der Waals surface area contributed by atoms with Gasteiger partial charge in [0.15, 0.2) is 11.6 Å². The summed E-state index contributed by atoms with van der Waals surface area (Å²) in [7, 11) is 0. The minimum Gasteiger partial charge on any atom is -0.367 e. The summed E-state index contributed by atoms with van der Waals surface area (Å²) >= 11 is 0. The molecule has 0 spiro atoms. The number of hydrogen-bond acceptors (Lipinski definition) is 2. The molecule has 0 bridgehead atoms. The van der Waals surface area contributed by atoms with Crippen LogP contribution in [0.1, 0.15) is 28.9 Å². The van der Waals surface area contributed by atoms with Crippen LogP contribution in [0.25, 0.3) is 0 Å². The van der Waals surface area contributed by atoms with E-state index in [1.807, 2.05) is 37.3 Å². The summed E-state index contributed by atoms with van der Waals surface area (Å²) in [5, 5.41) is 0. The number of morpholine rings is 1. The number of amides is 1. The molecule has 2 aromatic carbocycles. The Morgan fingerprint density at radius 1 is 1.09 bits per heavy atom. The Hall–Kier alpha value is -2.27. The number of nitrogens with zero attached hydrogens (tertiary/aromatic N) is 1. The van der Waals surface area contributed by atoms with Crippen LogP contribution in [0, 0.1) is 11.6 Å². The normalized spacial score (nSPS) is 21.3. The molecule has 1 fully saturated rings. The van der Waals surface area contributed by atoms with Crippen LogP contribution in [0.3, 0.4) is 0 Å². The highest BCUT2D eigenvalue weighted by atomic mass is 19.2. The lowest BCUT2D eigenvalue weighted by Gasteiger charge is -2.37. The van der Waals surface area contributed by atoms with Crippen molar-refractivity contribution in [1.82, 2.24) is 4.90 Å². The minimum atomic E-state index is -1.02. The molecule has 1 saturated heterocycles. The van der Waals surface area contributed by atoms with E-state index in [9.17, 15) is 13.6 Å². The van der Waals surface area contributed by atoms with Crippen LogP contribution in [0.4, 0.5) is 8.78 Å². The number of ether oxygens (including phenoxy) is 1. The molecule has 2 unspecified atom stereocenters. The Balaban J connectivity index is 1.81. The van der Waals surface area contributed by atoms with E-state index >= 15 is 0 Å². The smallest absolute Gasteiger partial charge is 0.254 e. The molecule has 0 aliphatic carbocycles. The van der Waals surface area contributed by atoms with E-state index in [2.05, 4.69) is 0 Å². The molecule has 1 aliphatic rings. The van der Waals surface area contributed by atoms with Gasteiger partial charge in [0.1, 0.15) is 6.10 Å². The van der Waals surface area contributed by atoms with Crippen molar-refractivity contribution in [3.63, 3.8) is 0 Å². The van der Waals surface area contributed by atoms with Gasteiger partial charge in [0.25, 0.3) is 5.91 Å². The molecule has 2 aromatic rings. The molecule has 1 aliphatic heterocycles. The molecular weight excluding hydrogens is 300 g/mol. The maximum absolute atomic E-state index is 13.4. The van der Waals surface area contributed by atoms with Gasteiger partial charge in [-0.05, 0) is 30.7 Å². The van der Waals surface area contributed by atoms with Crippen molar-refractivity contribution in [2.24, 2.45) is 0 Å². The molecule has 0 saturated carbocycles. The second-order valence-corrected chi connectivity index (χ2v) is 5.69. The van der Waals surface area contributed by atoms with E-state index in [-0.39, 0.29) is 23.7 Å². The third-order valence-electron chi connectivity index (χ3n) is 3.89. The summed E-state index contributed by atoms with van der Waals surface area (Å²) in [5.74, 6) is -2.30. The van der Waals surface area contributed by atoms with Crippen LogP contribution in [0.2, 0.25) is 0 Å². The molecule has 1 amide bonds. The van der Waals surface area contributed by atoms with E-state index in [1.54, 1.807) is 4.90 Å². The number of carbonyl (C=O) groups excluding carboxylic acids is 1. The van der Waals surface area contributed by atoms with Crippen LogP contribution in [0.15, 0.2) is 48.5 Å². The van der Waals surface area contributed by atoms with Gasteiger partial charge in [-0.3, -0.25) is 4.79 Å². The third kappa shape index (κ3) is 3.40. The summed E-state index contributed by atoms with van der Waals surface area (Å²) < 4.78 is 32.3. The van der Waals surface area contributed by atoms with Gasteiger partial charge in [-0.2, -0.15) is 0 Å². The fourth-order valence-corrected chi connectivity index (χ4v) is 2.78. The first-order valence-electron chi connectivity index (χ1n) is 7.49. The molecule has 0 N–H and O–H groups in total. The standard InChI is InChI=1S/C18H17F2NO2/c1-12-10-21(11-17(23-12)13-5-3-2-4-6-13)18(22)14-7-8-15(19)16(20)9-14/h2-9,12,17H,10-11H2,1H3. The predicted molar refractivity (Wildman–Crippen MR) is 82.0 cm³/mol. The van der Waals surface area contributed by atoms with Crippen molar-refractivity contribution in [3.8, 4) is 0 Å². The van der Waals surface area contributed by atoms with Crippen LogP contribution in [0.5, 0.6) is 0 Å². The third-order valence-corrected chi connectivity index (χ3v) is 3.89. The Kier molecular flexibility index (Phi) is 4.39. The molecule has 120 valence electrons. The zero-order valence-electron chi connectivity index (χ0n) is 12.7. The van der Waals surface area contributed by atoms with E-state index in [0.29, 0.717) is 13.1 Å². The zero-order chi connectivity index (χ0) is 16.4. The van der Waals surface area contributed by atoms with Crippen LogP contribution in [-0.4, -0.2) is 30.0 Å². The van der Waals surface area contributed by atoms with Gasteiger partial charge in [-0.25, -0.2) is 8.78 Å². The molecule has 5 heteroatoms. The first-order valence-corrected chi connectivity index (χ1v) is 7.49. The molecule has 0 aromatic heterocycles. The minimum absolute atomic E-state index is 0.136. The summed E-state index contributed by atoms with van der Waals surface area (Å²) in [4.78, 5) is 14.2. The van der Waals surface area contributed by atoms with Gasteiger partial charge >= 0.3 is 0 Å². The van der Waals surface area contributed by atoms with Crippen molar-refractivity contribution in [2.75, 3.05) is 13.1 Å². The Labute approximate surface area is 133 Å². The molecule has 0 radical (unpaired) electrons. The van der Waals surface area contributed by atoms with Crippen LogP contribution >= 0.6 is 0 Å².